The molecule has 2 aliphatic heterocycles. The number of nitrogens with one attached hydrogen (secondary N) is 1. The molecule has 1 saturated heterocycles. The minimum Gasteiger partial charge on any atom is -0.454 e. The van der Waals surface area contributed by atoms with Gasteiger partial charge in [-0.3, -0.25) is 9.78 Å². The lowest BCUT2D eigenvalue weighted by molar-refractivity contribution is -0.398. The van der Waals surface area contributed by atoms with Crippen LogP contribution in [0.15, 0.2) is 27.8 Å². The molecule has 172 valence electrons. The van der Waals surface area contributed by atoms with Crippen molar-refractivity contribution in [1.29, 1.82) is 0 Å². The van der Waals surface area contributed by atoms with E-state index in [2.05, 4.69) is 0 Å². The van der Waals surface area contributed by atoms with Crippen LogP contribution in [0.4, 0.5) is 5.82 Å². The second kappa shape index (κ2) is 8.35. The summed E-state index contributed by atoms with van der Waals surface area (Å²) in [6, 6.07) is 5.14. The lowest BCUT2D eigenvalue weighted by Gasteiger charge is -2.27. The van der Waals surface area contributed by atoms with Crippen LogP contribution in [0.25, 0.3) is 0 Å². The molecule has 1 fully saturated rings. The first-order chi connectivity index (χ1) is 15.3. The van der Waals surface area contributed by atoms with Crippen molar-refractivity contribution < 1.29 is 34.1 Å². The van der Waals surface area contributed by atoms with Crippen LogP contribution in [-0.4, -0.2) is 56.9 Å². The largest absolute Gasteiger partial charge is 0.454 e. The van der Waals surface area contributed by atoms with Crippen LogP contribution in [0.1, 0.15) is 17.5 Å². The van der Waals surface area contributed by atoms with E-state index in [1.807, 2.05) is 4.98 Å². The number of hydrogen-bond donors (Lipinski definition) is 3. The molecule has 0 saturated carbocycles. The highest BCUT2D eigenvalue weighted by atomic mass is 16.7. The fraction of sp³-hybridized carbons (Fsp3) is 0.474. The molecule has 3 atom stereocenters. The smallest absolute Gasteiger partial charge is 0.418 e. The fourth-order valence-electron chi connectivity index (χ4n) is 3.90. The normalized spacial score (nSPS) is 24.1. The predicted molar refractivity (Wildman–Crippen MR) is 105 cm³/mol. The van der Waals surface area contributed by atoms with Gasteiger partial charge in [0.1, 0.15) is 18.3 Å². The van der Waals surface area contributed by atoms with Crippen LogP contribution < -0.4 is 20.7 Å². The minimum atomic E-state index is -1.84. The number of aromatic amines is 1. The monoisotopic (exact) mass is 451 g/mol. The number of aliphatic hydroxyl groups is 2. The maximum atomic E-state index is 12.7. The van der Waals surface area contributed by atoms with E-state index in [0.29, 0.717) is 21.6 Å². The van der Waals surface area contributed by atoms with E-state index in [-0.39, 0.29) is 32.0 Å². The first-order valence-corrected chi connectivity index (χ1v) is 9.69. The molecular formula is C19H21N3O10. The Hall–Kier alpha value is -3.26. The summed E-state index contributed by atoms with van der Waals surface area (Å²) in [5, 5.41) is 31.6. The van der Waals surface area contributed by atoms with Gasteiger partial charge in [0.15, 0.2) is 11.5 Å². The van der Waals surface area contributed by atoms with E-state index in [1.54, 1.807) is 18.2 Å². The molecule has 0 radical (unpaired) electrons. The van der Waals surface area contributed by atoms with Crippen molar-refractivity contribution in [2.75, 3.05) is 20.0 Å². The second-order valence-corrected chi connectivity index (χ2v) is 7.54. The van der Waals surface area contributed by atoms with Crippen molar-refractivity contribution in [2.45, 2.75) is 37.9 Å². The Morgan fingerprint density at radius 3 is 2.78 bits per heavy atom. The van der Waals surface area contributed by atoms with Gasteiger partial charge in [-0.05, 0) is 29.5 Å². The van der Waals surface area contributed by atoms with Gasteiger partial charge in [-0.2, -0.15) is 0 Å². The fourth-order valence-corrected chi connectivity index (χ4v) is 3.90. The number of rotatable bonds is 7. The molecule has 13 nitrogen and oxygen atoms in total. The highest BCUT2D eigenvalue weighted by Gasteiger charge is 2.54. The standard InChI is InChI=1S/C19H21N3O10/c1-10-16(25)20-18(26)21(17(10)22(27)28)19(5-12(24)15(6-23)32-19)8-29-7-11-2-3-13-14(4-11)31-9-30-13/h2-4,12,15,23-24H,5-9H2,1H3,(H,20,25,26)/t12-,15+,19-/m0/s1. The summed E-state index contributed by atoms with van der Waals surface area (Å²) in [6.45, 7) is 0.349. The number of H-pyrrole nitrogens is 1. The summed E-state index contributed by atoms with van der Waals surface area (Å²) in [5.74, 6) is 0.345. The predicted octanol–water partition coefficient (Wildman–Crippen LogP) is -0.506. The Kier molecular flexibility index (Phi) is 5.73. The summed E-state index contributed by atoms with van der Waals surface area (Å²) in [5.41, 5.74) is -3.45. The average Bonchev–Trinajstić information content (AvgIpc) is 3.34. The van der Waals surface area contributed by atoms with Crippen molar-refractivity contribution in [1.82, 2.24) is 9.55 Å². The SMILES string of the molecule is Cc1c([N+](=O)[O-])n([C@@]2(COCc3ccc4c(c3)OCO4)C[C@H](O)[C@@H](CO)O2)c(=O)[nH]c1=O. The molecule has 0 amide bonds. The van der Waals surface area contributed by atoms with Crippen LogP contribution in [0.2, 0.25) is 0 Å². The number of aliphatic hydroxyl groups excluding tert-OH is 2. The van der Waals surface area contributed by atoms with Gasteiger partial charge in [0.05, 0.1) is 19.3 Å². The first-order valence-electron chi connectivity index (χ1n) is 9.69. The number of nitrogens with zero attached hydrogens (tertiary/aromatic N) is 2. The van der Waals surface area contributed by atoms with Crippen LogP contribution in [-0.2, 0) is 21.8 Å². The molecule has 0 spiro atoms. The third-order valence-corrected chi connectivity index (χ3v) is 5.43. The number of ether oxygens (including phenoxy) is 4. The Morgan fingerprint density at radius 1 is 1.34 bits per heavy atom. The molecular weight excluding hydrogens is 430 g/mol. The zero-order valence-electron chi connectivity index (χ0n) is 17.0. The van der Waals surface area contributed by atoms with Gasteiger partial charge in [-0.25, -0.2) is 4.79 Å². The van der Waals surface area contributed by atoms with Gasteiger partial charge < -0.3 is 39.3 Å². The lowest BCUT2D eigenvalue weighted by atomic mass is 10.1. The highest BCUT2D eigenvalue weighted by Crippen LogP contribution is 2.38. The molecule has 32 heavy (non-hydrogen) atoms. The van der Waals surface area contributed by atoms with Gasteiger partial charge in [-0.1, -0.05) is 6.07 Å². The van der Waals surface area contributed by atoms with Gasteiger partial charge in [0.25, 0.3) is 5.56 Å². The molecule has 1 aromatic heterocycles. The molecule has 0 aliphatic carbocycles. The Labute approximate surface area is 179 Å². The van der Waals surface area contributed by atoms with Crippen LogP contribution >= 0.6 is 0 Å². The van der Waals surface area contributed by atoms with Crippen molar-refractivity contribution in [3.8, 4) is 11.5 Å². The minimum absolute atomic E-state index is 0.0204. The van der Waals surface area contributed by atoms with E-state index >= 15 is 0 Å². The second-order valence-electron chi connectivity index (χ2n) is 7.54. The summed E-state index contributed by atoms with van der Waals surface area (Å²) < 4.78 is 22.7. The van der Waals surface area contributed by atoms with E-state index in [0.717, 1.165) is 0 Å². The van der Waals surface area contributed by atoms with Gasteiger partial charge >= 0.3 is 11.5 Å². The van der Waals surface area contributed by atoms with E-state index in [4.69, 9.17) is 18.9 Å². The lowest BCUT2D eigenvalue weighted by Crippen LogP contribution is -2.49. The van der Waals surface area contributed by atoms with Crippen LogP contribution in [0.3, 0.4) is 0 Å². The maximum absolute atomic E-state index is 12.7. The van der Waals surface area contributed by atoms with Crippen molar-refractivity contribution in [3.05, 3.63) is 60.3 Å². The van der Waals surface area contributed by atoms with Crippen LogP contribution in [0.5, 0.6) is 11.5 Å². The van der Waals surface area contributed by atoms with Crippen molar-refractivity contribution in [2.24, 2.45) is 0 Å². The first kappa shape index (κ1) is 22.0. The highest BCUT2D eigenvalue weighted by molar-refractivity contribution is 5.44. The Morgan fingerprint density at radius 2 is 2.09 bits per heavy atom. The summed E-state index contributed by atoms with van der Waals surface area (Å²) in [7, 11) is 0. The molecule has 1 aromatic carbocycles. The summed E-state index contributed by atoms with van der Waals surface area (Å²) in [6.07, 6.45) is -2.62. The van der Waals surface area contributed by atoms with Gasteiger partial charge in [-0.15, -0.1) is 4.57 Å². The number of hydrogen-bond acceptors (Lipinski definition) is 10. The molecule has 2 aromatic rings. The van der Waals surface area contributed by atoms with Gasteiger partial charge in [0.2, 0.25) is 12.5 Å². The molecule has 2 aliphatic rings. The topological polar surface area (TPSA) is 175 Å². The zero-order chi connectivity index (χ0) is 23.0. The van der Waals surface area contributed by atoms with E-state index < -0.39 is 46.5 Å². The van der Waals surface area contributed by atoms with Crippen molar-refractivity contribution in [3.63, 3.8) is 0 Å². The van der Waals surface area contributed by atoms with E-state index in [1.165, 1.54) is 6.92 Å². The Balaban J connectivity index is 1.69. The number of aromatic nitrogens is 2. The Bertz CT molecular complexity index is 1160. The third kappa shape index (κ3) is 3.75. The van der Waals surface area contributed by atoms with Crippen LogP contribution in [0, 0.1) is 17.0 Å². The summed E-state index contributed by atoms with van der Waals surface area (Å²) in [4.78, 5) is 37.5. The molecule has 0 bridgehead atoms. The molecule has 3 heterocycles. The maximum Gasteiger partial charge on any atom is 0.418 e. The number of benzene rings is 1. The molecule has 13 heteroatoms. The van der Waals surface area contributed by atoms with E-state index in [9.17, 15) is 29.9 Å². The third-order valence-electron chi connectivity index (χ3n) is 5.43. The zero-order valence-corrected chi connectivity index (χ0v) is 17.0. The summed E-state index contributed by atoms with van der Waals surface area (Å²) >= 11 is 0. The quantitative estimate of drug-likeness (QED) is 0.367. The molecule has 0 unspecified atom stereocenters. The number of fused-ring (bicyclic) bond motifs is 1. The average molecular weight is 451 g/mol. The number of nitro groups is 1. The molecule has 4 rings (SSSR count). The molecule has 3 N–H and O–H groups in total. The van der Waals surface area contributed by atoms with Gasteiger partial charge in [0, 0.05) is 6.42 Å². The van der Waals surface area contributed by atoms with Crippen molar-refractivity contribution >= 4 is 5.82 Å².